The van der Waals surface area contributed by atoms with E-state index in [1.165, 1.54) is 0 Å². The van der Waals surface area contributed by atoms with E-state index in [0.717, 1.165) is 0 Å². The molecule has 0 aliphatic rings. The number of ether oxygens (including phenoxy) is 1. The van der Waals surface area contributed by atoms with Crippen molar-refractivity contribution in [2.45, 2.75) is 19.9 Å². The molecule has 6 heteroatoms. The van der Waals surface area contributed by atoms with Crippen LogP contribution in [0.25, 0.3) is 0 Å². The Bertz CT molecular complexity index is 345. The SMILES string of the molecule is COCC(C)Nc1nc(Cl)nc(C)c1N. The lowest BCUT2D eigenvalue weighted by Gasteiger charge is -2.15. The van der Waals surface area contributed by atoms with E-state index in [9.17, 15) is 0 Å². The molecule has 0 saturated carbocycles. The highest BCUT2D eigenvalue weighted by Crippen LogP contribution is 2.21. The molecule has 1 atom stereocenters. The van der Waals surface area contributed by atoms with Crippen LogP contribution in [-0.4, -0.2) is 29.7 Å². The highest BCUT2D eigenvalue weighted by molar-refractivity contribution is 6.28. The van der Waals surface area contributed by atoms with E-state index < -0.39 is 0 Å². The Morgan fingerprint density at radius 2 is 2.20 bits per heavy atom. The third-order valence-corrected chi connectivity index (χ3v) is 2.08. The molecule has 0 bridgehead atoms. The molecule has 0 spiro atoms. The summed E-state index contributed by atoms with van der Waals surface area (Å²) in [6.45, 7) is 4.32. The van der Waals surface area contributed by atoms with Gasteiger partial charge in [-0.25, -0.2) is 4.98 Å². The molecule has 15 heavy (non-hydrogen) atoms. The monoisotopic (exact) mass is 230 g/mol. The smallest absolute Gasteiger partial charge is 0.224 e. The van der Waals surface area contributed by atoms with E-state index in [1.54, 1.807) is 14.0 Å². The summed E-state index contributed by atoms with van der Waals surface area (Å²) >= 11 is 5.73. The van der Waals surface area contributed by atoms with Gasteiger partial charge in [0.2, 0.25) is 5.28 Å². The van der Waals surface area contributed by atoms with E-state index in [0.29, 0.717) is 23.8 Å². The maximum Gasteiger partial charge on any atom is 0.224 e. The largest absolute Gasteiger partial charge is 0.394 e. The fourth-order valence-corrected chi connectivity index (χ4v) is 1.39. The molecule has 1 aromatic heterocycles. The first-order chi connectivity index (χ1) is 7.04. The minimum absolute atomic E-state index is 0.114. The lowest BCUT2D eigenvalue weighted by atomic mass is 10.3. The number of methoxy groups -OCH3 is 1. The van der Waals surface area contributed by atoms with E-state index in [2.05, 4.69) is 15.3 Å². The van der Waals surface area contributed by atoms with Gasteiger partial charge in [0, 0.05) is 13.2 Å². The Morgan fingerprint density at radius 3 is 2.80 bits per heavy atom. The molecule has 84 valence electrons. The Kier molecular flexibility index (Phi) is 4.11. The summed E-state index contributed by atoms with van der Waals surface area (Å²) in [4.78, 5) is 7.96. The zero-order valence-electron chi connectivity index (χ0n) is 9.04. The summed E-state index contributed by atoms with van der Waals surface area (Å²) in [5.41, 5.74) is 6.99. The van der Waals surface area contributed by atoms with Gasteiger partial charge in [0.1, 0.15) is 0 Å². The minimum Gasteiger partial charge on any atom is -0.394 e. The van der Waals surface area contributed by atoms with Gasteiger partial charge in [-0.1, -0.05) is 0 Å². The van der Waals surface area contributed by atoms with Gasteiger partial charge in [0.15, 0.2) is 5.82 Å². The van der Waals surface area contributed by atoms with Gasteiger partial charge in [-0.05, 0) is 25.4 Å². The first-order valence-corrected chi connectivity index (χ1v) is 4.97. The number of nitrogens with two attached hydrogens (primary N) is 1. The Morgan fingerprint density at radius 1 is 1.53 bits per heavy atom. The summed E-state index contributed by atoms with van der Waals surface area (Å²) in [6, 6.07) is 0.114. The van der Waals surface area contributed by atoms with E-state index >= 15 is 0 Å². The number of nitrogen functional groups attached to an aromatic ring is 1. The van der Waals surface area contributed by atoms with Crippen LogP contribution in [0, 0.1) is 6.92 Å². The molecule has 3 N–H and O–H groups in total. The quantitative estimate of drug-likeness (QED) is 0.767. The highest BCUT2D eigenvalue weighted by Gasteiger charge is 2.10. The second-order valence-electron chi connectivity index (χ2n) is 3.34. The summed E-state index contributed by atoms with van der Waals surface area (Å²) < 4.78 is 5.00. The number of hydrogen-bond donors (Lipinski definition) is 2. The first-order valence-electron chi connectivity index (χ1n) is 4.59. The van der Waals surface area contributed by atoms with Crippen molar-refractivity contribution >= 4 is 23.1 Å². The van der Waals surface area contributed by atoms with Crippen LogP contribution < -0.4 is 11.1 Å². The van der Waals surface area contributed by atoms with Crippen LogP contribution >= 0.6 is 11.6 Å². The van der Waals surface area contributed by atoms with Crippen molar-refractivity contribution in [3.05, 3.63) is 11.0 Å². The van der Waals surface area contributed by atoms with Gasteiger partial charge < -0.3 is 15.8 Å². The lowest BCUT2D eigenvalue weighted by molar-refractivity contribution is 0.190. The number of anilines is 2. The third-order valence-electron chi connectivity index (χ3n) is 1.91. The van der Waals surface area contributed by atoms with Crippen LogP contribution in [0.5, 0.6) is 0 Å². The maximum atomic E-state index is 5.81. The van der Waals surface area contributed by atoms with Gasteiger partial charge in [-0.3, -0.25) is 0 Å². The van der Waals surface area contributed by atoms with Crippen molar-refractivity contribution < 1.29 is 4.74 Å². The Hall–Kier alpha value is -1.07. The van der Waals surface area contributed by atoms with Crippen LogP contribution in [-0.2, 0) is 4.74 Å². The highest BCUT2D eigenvalue weighted by atomic mass is 35.5. The third kappa shape index (κ3) is 3.21. The molecule has 5 nitrogen and oxygen atoms in total. The van der Waals surface area contributed by atoms with E-state index in [1.807, 2.05) is 6.92 Å². The second-order valence-corrected chi connectivity index (χ2v) is 3.68. The number of hydrogen-bond acceptors (Lipinski definition) is 5. The van der Waals surface area contributed by atoms with Crippen LogP contribution in [0.4, 0.5) is 11.5 Å². The van der Waals surface area contributed by atoms with Crippen molar-refractivity contribution in [1.82, 2.24) is 9.97 Å². The normalized spacial score (nSPS) is 12.5. The number of halogens is 1. The summed E-state index contributed by atoms with van der Waals surface area (Å²) in [5.74, 6) is 0.553. The zero-order chi connectivity index (χ0) is 11.4. The van der Waals surface area contributed by atoms with E-state index in [-0.39, 0.29) is 11.3 Å². The van der Waals surface area contributed by atoms with Crippen molar-refractivity contribution in [3.8, 4) is 0 Å². The molecule has 1 aromatic rings. The topological polar surface area (TPSA) is 73.1 Å². The predicted molar refractivity (Wildman–Crippen MR) is 61.2 cm³/mol. The van der Waals surface area contributed by atoms with Gasteiger partial charge in [-0.15, -0.1) is 0 Å². The summed E-state index contributed by atoms with van der Waals surface area (Å²) in [5, 5.41) is 3.30. The minimum atomic E-state index is 0.114. The standard InChI is InChI=1S/C9H15ClN4O/c1-5(4-15-3)12-8-7(11)6(2)13-9(10)14-8/h5H,4,11H2,1-3H3,(H,12,13,14). The number of rotatable bonds is 4. The molecular weight excluding hydrogens is 216 g/mol. The van der Waals surface area contributed by atoms with Crippen LogP contribution in [0.1, 0.15) is 12.6 Å². The zero-order valence-corrected chi connectivity index (χ0v) is 9.80. The van der Waals surface area contributed by atoms with Crippen molar-refractivity contribution in [2.75, 3.05) is 24.8 Å². The number of nitrogens with zero attached hydrogens (tertiary/aromatic N) is 2. The molecule has 1 unspecified atom stereocenters. The summed E-state index contributed by atoms with van der Waals surface area (Å²) in [6.07, 6.45) is 0. The van der Waals surface area contributed by atoms with Crippen molar-refractivity contribution in [3.63, 3.8) is 0 Å². The molecule has 0 aromatic carbocycles. The molecular formula is C9H15ClN4O. The number of aromatic nitrogens is 2. The Labute approximate surface area is 94.0 Å². The maximum absolute atomic E-state index is 5.81. The number of nitrogens with one attached hydrogen (secondary N) is 1. The van der Waals surface area contributed by atoms with E-state index in [4.69, 9.17) is 22.1 Å². The van der Waals surface area contributed by atoms with Crippen molar-refractivity contribution in [1.29, 1.82) is 0 Å². The average molecular weight is 231 g/mol. The number of aryl methyl sites for hydroxylation is 1. The molecule has 0 aliphatic carbocycles. The van der Waals surface area contributed by atoms with Crippen molar-refractivity contribution in [2.24, 2.45) is 0 Å². The first kappa shape index (κ1) is 12.0. The van der Waals surface area contributed by atoms with Gasteiger partial charge in [0.05, 0.1) is 18.0 Å². The van der Waals surface area contributed by atoms with Crippen LogP contribution in [0.15, 0.2) is 0 Å². The van der Waals surface area contributed by atoms with Crippen LogP contribution in [0.2, 0.25) is 5.28 Å². The molecule has 0 fully saturated rings. The Balaban J connectivity index is 2.84. The molecule has 1 heterocycles. The summed E-state index contributed by atoms with van der Waals surface area (Å²) in [7, 11) is 1.64. The molecule has 0 saturated heterocycles. The molecule has 0 amide bonds. The average Bonchev–Trinajstić information content (AvgIpc) is 2.13. The fourth-order valence-electron chi connectivity index (χ4n) is 1.18. The second kappa shape index (κ2) is 5.14. The predicted octanol–water partition coefficient (Wildman–Crippen LogP) is 1.47. The van der Waals surface area contributed by atoms with Gasteiger partial charge in [0.25, 0.3) is 0 Å². The fraction of sp³-hybridized carbons (Fsp3) is 0.556. The lowest BCUT2D eigenvalue weighted by Crippen LogP contribution is -2.22. The van der Waals surface area contributed by atoms with Gasteiger partial charge in [-0.2, -0.15) is 4.98 Å². The molecule has 0 radical (unpaired) electrons. The molecule has 0 aliphatic heterocycles. The molecule has 1 rings (SSSR count). The van der Waals surface area contributed by atoms with Gasteiger partial charge >= 0.3 is 0 Å². The van der Waals surface area contributed by atoms with Crippen LogP contribution in [0.3, 0.4) is 0 Å².